The maximum absolute atomic E-state index is 13.2. The molecule has 3 nitrogen and oxygen atoms in total. The fourth-order valence-corrected chi connectivity index (χ4v) is 2.51. The highest BCUT2D eigenvalue weighted by atomic mass is 79.9. The lowest BCUT2D eigenvalue weighted by Gasteiger charge is -2.16. The van der Waals surface area contributed by atoms with Crippen molar-refractivity contribution in [2.75, 3.05) is 11.4 Å². The van der Waals surface area contributed by atoms with E-state index >= 15 is 0 Å². The van der Waals surface area contributed by atoms with E-state index in [-0.39, 0.29) is 5.56 Å². The minimum absolute atomic E-state index is 0.108. The quantitative estimate of drug-likeness (QED) is 0.622. The summed E-state index contributed by atoms with van der Waals surface area (Å²) >= 11 is 3.18. The summed E-state index contributed by atoms with van der Waals surface area (Å²) in [5, 5.41) is 0. The van der Waals surface area contributed by atoms with E-state index in [4.69, 9.17) is 0 Å². The van der Waals surface area contributed by atoms with Crippen LogP contribution in [0.3, 0.4) is 0 Å². The molecule has 18 heavy (non-hydrogen) atoms. The van der Waals surface area contributed by atoms with Crippen LogP contribution in [0.1, 0.15) is 23.7 Å². The molecule has 1 heterocycles. The van der Waals surface area contributed by atoms with E-state index in [0.717, 1.165) is 6.07 Å². The van der Waals surface area contributed by atoms with Gasteiger partial charge >= 0.3 is 0 Å². The largest absolute Gasteiger partial charge is 0.303 e. The second-order valence-electron chi connectivity index (χ2n) is 3.75. The highest BCUT2D eigenvalue weighted by Crippen LogP contribution is 2.36. The first-order valence-electron chi connectivity index (χ1n) is 5.31. The zero-order valence-corrected chi connectivity index (χ0v) is 11.2. The summed E-state index contributed by atoms with van der Waals surface area (Å²) in [5.41, 5.74) is 0.542. The number of anilines is 1. The van der Waals surface area contributed by atoms with Crippen LogP contribution in [0, 0.1) is 17.7 Å². The van der Waals surface area contributed by atoms with Crippen LogP contribution in [-0.2, 0) is 4.79 Å². The minimum Gasteiger partial charge on any atom is -0.303 e. The number of fused-ring (bicyclic) bond motifs is 1. The van der Waals surface area contributed by atoms with Crippen molar-refractivity contribution in [3.8, 4) is 11.8 Å². The van der Waals surface area contributed by atoms with Crippen LogP contribution >= 0.6 is 15.9 Å². The summed E-state index contributed by atoms with van der Waals surface area (Å²) in [5.74, 6) is 3.70. The number of carbonyl (C=O) groups excluding carboxylic acids is 2. The standard InChI is InChI=1S/C13H9BrFNO2/c1-2-3-4-5-16-11-9(12(17)13(16)18)6-8(15)7-10(11)14/h6-7H,4-5H2,1H3. The fourth-order valence-electron chi connectivity index (χ4n) is 1.86. The van der Waals surface area contributed by atoms with Crippen molar-refractivity contribution >= 4 is 33.3 Å². The lowest BCUT2D eigenvalue weighted by molar-refractivity contribution is -0.114. The van der Waals surface area contributed by atoms with E-state index < -0.39 is 17.5 Å². The van der Waals surface area contributed by atoms with Gasteiger partial charge in [0.2, 0.25) is 0 Å². The molecular formula is C13H9BrFNO2. The van der Waals surface area contributed by atoms with Crippen molar-refractivity contribution in [1.82, 2.24) is 0 Å². The number of benzene rings is 1. The van der Waals surface area contributed by atoms with Gasteiger partial charge < -0.3 is 4.90 Å². The molecule has 0 bridgehead atoms. The molecule has 1 amide bonds. The van der Waals surface area contributed by atoms with Gasteiger partial charge in [0.15, 0.2) is 0 Å². The number of carbonyl (C=O) groups is 2. The van der Waals surface area contributed by atoms with Crippen molar-refractivity contribution in [3.63, 3.8) is 0 Å². The van der Waals surface area contributed by atoms with Crippen LogP contribution in [0.5, 0.6) is 0 Å². The van der Waals surface area contributed by atoms with Crippen molar-refractivity contribution < 1.29 is 14.0 Å². The molecule has 1 aromatic rings. The molecule has 0 N–H and O–H groups in total. The molecule has 0 aromatic heterocycles. The van der Waals surface area contributed by atoms with Gasteiger partial charge in [-0.1, -0.05) is 0 Å². The Labute approximate surface area is 112 Å². The summed E-state index contributed by atoms with van der Waals surface area (Å²) in [6.45, 7) is 2.03. The van der Waals surface area contributed by atoms with Gasteiger partial charge in [-0.15, -0.1) is 11.8 Å². The predicted molar refractivity (Wildman–Crippen MR) is 68.9 cm³/mol. The van der Waals surface area contributed by atoms with Crippen molar-refractivity contribution in [2.24, 2.45) is 0 Å². The third-order valence-electron chi connectivity index (χ3n) is 2.62. The molecule has 92 valence electrons. The molecule has 1 aromatic carbocycles. The SMILES string of the molecule is CC#CCCN1C(=O)C(=O)c2cc(F)cc(Br)c21. The second kappa shape index (κ2) is 4.91. The number of nitrogens with zero attached hydrogens (tertiary/aromatic N) is 1. The van der Waals surface area contributed by atoms with E-state index in [1.807, 2.05) is 0 Å². The first-order valence-corrected chi connectivity index (χ1v) is 6.10. The summed E-state index contributed by atoms with van der Waals surface area (Å²) in [6.07, 6.45) is 0.471. The molecule has 1 aliphatic rings. The molecule has 5 heteroatoms. The molecule has 0 radical (unpaired) electrons. The van der Waals surface area contributed by atoms with Crippen LogP contribution in [0.2, 0.25) is 0 Å². The molecule has 0 fully saturated rings. The number of ketones is 1. The molecular weight excluding hydrogens is 301 g/mol. The van der Waals surface area contributed by atoms with Gasteiger partial charge in [-0.2, -0.15) is 0 Å². The minimum atomic E-state index is -0.672. The van der Waals surface area contributed by atoms with E-state index in [0.29, 0.717) is 23.1 Å². The average molecular weight is 310 g/mol. The molecule has 0 saturated carbocycles. The Morgan fingerprint density at radius 2 is 2.11 bits per heavy atom. The number of hydrogen-bond acceptors (Lipinski definition) is 2. The van der Waals surface area contributed by atoms with E-state index in [9.17, 15) is 14.0 Å². The van der Waals surface area contributed by atoms with E-state index in [1.54, 1.807) is 6.92 Å². The Morgan fingerprint density at radius 1 is 1.39 bits per heavy atom. The first kappa shape index (κ1) is 12.8. The maximum Gasteiger partial charge on any atom is 0.299 e. The third-order valence-corrected chi connectivity index (χ3v) is 3.22. The van der Waals surface area contributed by atoms with Gasteiger partial charge in [-0.25, -0.2) is 4.39 Å². The van der Waals surface area contributed by atoms with Gasteiger partial charge in [0.05, 0.1) is 11.3 Å². The lowest BCUT2D eigenvalue weighted by Crippen LogP contribution is -2.30. The van der Waals surface area contributed by atoms with Crippen LogP contribution in [-0.4, -0.2) is 18.2 Å². The first-order chi connectivity index (χ1) is 8.56. The van der Waals surface area contributed by atoms with Crippen molar-refractivity contribution in [2.45, 2.75) is 13.3 Å². The average Bonchev–Trinajstić information content (AvgIpc) is 2.55. The highest BCUT2D eigenvalue weighted by Gasteiger charge is 2.37. The summed E-state index contributed by atoms with van der Waals surface area (Å²) in [7, 11) is 0. The molecule has 0 aliphatic carbocycles. The summed E-state index contributed by atoms with van der Waals surface area (Å²) < 4.78 is 13.6. The number of Topliss-reactive ketones (excluding diaryl/α,β-unsaturated/α-hetero) is 1. The Hall–Kier alpha value is -1.67. The van der Waals surface area contributed by atoms with Crippen LogP contribution in [0.15, 0.2) is 16.6 Å². The van der Waals surface area contributed by atoms with Gasteiger partial charge in [0, 0.05) is 17.4 Å². The van der Waals surface area contributed by atoms with Crippen molar-refractivity contribution in [1.29, 1.82) is 0 Å². The van der Waals surface area contributed by atoms with E-state index in [2.05, 4.69) is 27.8 Å². The Kier molecular flexibility index (Phi) is 3.48. The van der Waals surface area contributed by atoms with Gasteiger partial charge in [-0.3, -0.25) is 9.59 Å². The molecule has 0 atom stereocenters. The number of hydrogen-bond donors (Lipinski definition) is 0. The monoisotopic (exact) mass is 309 g/mol. The third kappa shape index (κ3) is 2.04. The lowest BCUT2D eigenvalue weighted by atomic mass is 10.1. The highest BCUT2D eigenvalue weighted by molar-refractivity contribution is 9.10. The van der Waals surface area contributed by atoms with Crippen LogP contribution < -0.4 is 4.90 Å². The molecule has 0 unspecified atom stereocenters. The van der Waals surface area contributed by atoms with Crippen LogP contribution in [0.25, 0.3) is 0 Å². The Balaban J connectivity index is 2.43. The topological polar surface area (TPSA) is 37.4 Å². The van der Waals surface area contributed by atoms with Gasteiger partial charge in [0.25, 0.3) is 11.7 Å². The maximum atomic E-state index is 13.2. The molecule has 0 spiro atoms. The smallest absolute Gasteiger partial charge is 0.299 e. The van der Waals surface area contributed by atoms with E-state index in [1.165, 1.54) is 11.0 Å². The van der Waals surface area contributed by atoms with Gasteiger partial charge in [-0.05, 0) is 35.0 Å². The summed E-state index contributed by atoms with van der Waals surface area (Å²) in [4.78, 5) is 24.9. The summed E-state index contributed by atoms with van der Waals surface area (Å²) in [6, 6.07) is 2.33. The van der Waals surface area contributed by atoms with Gasteiger partial charge in [0.1, 0.15) is 5.82 Å². The van der Waals surface area contributed by atoms with Crippen LogP contribution in [0.4, 0.5) is 10.1 Å². The second-order valence-corrected chi connectivity index (χ2v) is 4.60. The van der Waals surface area contributed by atoms with Crippen molar-refractivity contribution in [3.05, 3.63) is 28.0 Å². The number of halogens is 2. The fraction of sp³-hybridized carbons (Fsp3) is 0.231. The number of amides is 1. The number of rotatable bonds is 2. The Morgan fingerprint density at radius 3 is 2.78 bits per heavy atom. The molecule has 0 saturated heterocycles. The molecule has 2 rings (SSSR count). The zero-order chi connectivity index (χ0) is 13.3. The molecule has 1 aliphatic heterocycles. The zero-order valence-electron chi connectivity index (χ0n) is 9.59. The normalized spacial score (nSPS) is 13.4. The Bertz CT molecular complexity index is 601. The predicted octanol–water partition coefficient (Wildman–Crippen LogP) is 2.53.